The van der Waals surface area contributed by atoms with Crippen molar-refractivity contribution in [2.24, 2.45) is 17.4 Å². The molecule has 1 heterocycles. The molecule has 1 aliphatic rings. The van der Waals surface area contributed by atoms with Crippen LogP contribution in [0.3, 0.4) is 0 Å². The van der Waals surface area contributed by atoms with E-state index in [1.165, 1.54) is 11.8 Å². The maximum atomic E-state index is 13.2. The first-order valence-corrected chi connectivity index (χ1v) is 12.8. The highest BCUT2D eigenvalue weighted by molar-refractivity contribution is 5.95. The van der Waals surface area contributed by atoms with E-state index >= 15 is 0 Å². The SMILES string of the molecule is CC(C)C[C@@H]([C]=O)NC(=O)[C@@H]1CCCN1C(=O)[C@H](CO)NC(=O)[C@H](CCCCN)NC(=O)[C@@H](N)[C@@H](C)O. The normalized spacial score (nSPS) is 19.5. The number of nitrogens with one attached hydrogen (secondary N) is 3. The number of likely N-dealkylation sites (tertiary alicyclic amines) is 1. The third-order valence-electron chi connectivity index (χ3n) is 6.20. The molecule has 0 unspecified atom stereocenters. The largest absolute Gasteiger partial charge is 0.394 e. The van der Waals surface area contributed by atoms with Crippen LogP contribution >= 0.6 is 0 Å². The molecule has 1 fully saturated rings. The van der Waals surface area contributed by atoms with Crippen molar-refractivity contribution in [2.45, 2.75) is 95.6 Å². The van der Waals surface area contributed by atoms with Crippen LogP contribution in [0.15, 0.2) is 0 Å². The fraction of sp³-hybridized carbons (Fsp3) is 0.792. The molecule has 9 N–H and O–H groups in total. The Kier molecular flexibility index (Phi) is 14.3. The Bertz CT molecular complexity index is 779. The van der Waals surface area contributed by atoms with E-state index in [2.05, 4.69) is 16.0 Å². The van der Waals surface area contributed by atoms with Crippen LogP contribution < -0.4 is 27.4 Å². The number of carbonyl (C=O) groups is 4. The molecular weight excluding hydrogens is 484 g/mol. The van der Waals surface area contributed by atoms with Gasteiger partial charge in [0.1, 0.15) is 24.2 Å². The fourth-order valence-corrected chi connectivity index (χ4v) is 4.09. The first-order valence-electron chi connectivity index (χ1n) is 12.8. The summed E-state index contributed by atoms with van der Waals surface area (Å²) >= 11 is 0. The Morgan fingerprint density at radius 3 is 2.24 bits per heavy atom. The maximum Gasteiger partial charge on any atom is 0.248 e. The van der Waals surface area contributed by atoms with E-state index in [0.717, 1.165) is 0 Å². The fourth-order valence-electron chi connectivity index (χ4n) is 4.09. The zero-order chi connectivity index (χ0) is 28.1. The van der Waals surface area contributed by atoms with Crippen molar-refractivity contribution >= 4 is 29.9 Å². The van der Waals surface area contributed by atoms with Crippen molar-refractivity contribution in [3.05, 3.63) is 0 Å². The van der Waals surface area contributed by atoms with Crippen LogP contribution in [-0.2, 0) is 24.0 Å². The minimum Gasteiger partial charge on any atom is -0.394 e. The molecule has 13 nitrogen and oxygen atoms in total. The van der Waals surface area contributed by atoms with E-state index in [1.807, 2.05) is 13.8 Å². The number of nitrogens with zero attached hydrogens (tertiary/aromatic N) is 1. The van der Waals surface area contributed by atoms with E-state index < -0.39 is 66.5 Å². The zero-order valence-corrected chi connectivity index (χ0v) is 21.9. The molecule has 1 rings (SSSR count). The van der Waals surface area contributed by atoms with Crippen LogP contribution in [0.5, 0.6) is 0 Å². The highest BCUT2D eigenvalue weighted by Gasteiger charge is 2.39. The lowest BCUT2D eigenvalue weighted by Crippen LogP contribution is -2.59. The van der Waals surface area contributed by atoms with E-state index in [9.17, 15) is 34.2 Å². The average molecular weight is 528 g/mol. The minimum absolute atomic E-state index is 0.149. The number of nitrogens with two attached hydrogens (primary N) is 2. The lowest BCUT2D eigenvalue weighted by Gasteiger charge is -2.30. The zero-order valence-electron chi connectivity index (χ0n) is 21.9. The first kappa shape index (κ1) is 32.4. The second-order valence-corrected chi connectivity index (χ2v) is 9.85. The van der Waals surface area contributed by atoms with Crippen LogP contribution in [0.4, 0.5) is 0 Å². The van der Waals surface area contributed by atoms with Gasteiger partial charge in [-0.2, -0.15) is 0 Å². The van der Waals surface area contributed by atoms with Gasteiger partial charge >= 0.3 is 0 Å². The molecule has 4 amide bonds. The number of hydrogen-bond acceptors (Lipinski definition) is 9. The van der Waals surface area contributed by atoms with Crippen molar-refractivity contribution < 1.29 is 34.2 Å². The second kappa shape index (κ2) is 16.3. The quantitative estimate of drug-likeness (QED) is 0.105. The predicted molar refractivity (Wildman–Crippen MR) is 135 cm³/mol. The maximum absolute atomic E-state index is 13.2. The van der Waals surface area contributed by atoms with Crippen LogP contribution in [-0.4, -0.2) is 101 Å². The van der Waals surface area contributed by atoms with Gasteiger partial charge in [-0.15, -0.1) is 0 Å². The molecular formula is C24H43N6O7. The van der Waals surface area contributed by atoms with Crippen molar-refractivity contribution in [2.75, 3.05) is 19.7 Å². The molecule has 0 aliphatic carbocycles. The molecule has 0 saturated carbocycles. The predicted octanol–water partition coefficient (Wildman–Crippen LogP) is -2.58. The van der Waals surface area contributed by atoms with Gasteiger partial charge in [0, 0.05) is 6.54 Å². The van der Waals surface area contributed by atoms with Gasteiger partial charge in [-0.3, -0.25) is 24.0 Å². The van der Waals surface area contributed by atoms with Gasteiger partial charge in [-0.05, 0) is 57.9 Å². The molecule has 6 atom stereocenters. The van der Waals surface area contributed by atoms with Gasteiger partial charge in [0.25, 0.3) is 0 Å². The van der Waals surface area contributed by atoms with E-state index in [-0.39, 0.29) is 18.9 Å². The monoisotopic (exact) mass is 527 g/mol. The number of hydrogen-bond donors (Lipinski definition) is 7. The number of aliphatic hydroxyl groups is 2. The third-order valence-corrected chi connectivity index (χ3v) is 6.20. The van der Waals surface area contributed by atoms with Crippen LogP contribution in [0.25, 0.3) is 0 Å². The van der Waals surface area contributed by atoms with E-state index in [0.29, 0.717) is 38.6 Å². The van der Waals surface area contributed by atoms with Gasteiger partial charge in [0.15, 0.2) is 0 Å². The summed E-state index contributed by atoms with van der Waals surface area (Å²) in [7, 11) is 0. The molecule has 211 valence electrons. The number of amides is 4. The van der Waals surface area contributed by atoms with Crippen molar-refractivity contribution in [1.82, 2.24) is 20.9 Å². The molecule has 13 heteroatoms. The summed E-state index contributed by atoms with van der Waals surface area (Å²) in [5.74, 6) is -2.47. The lowest BCUT2D eigenvalue weighted by molar-refractivity contribution is -0.143. The topological polar surface area (TPSA) is 217 Å². The van der Waals surface area contributed by atoms with Gasteiger partial charge in [0.2, 0.25) is 29.9 Å². The molecule has 1 radical (unpaired) electrons. The highest BCUT2D eigenvalue weighted by Crippen LogP contribution is 2.19. The number of unbranched alkanes of at least 4 members (excludes halogenated alkanes) is 1. The molecule has 0 aromatic heterocycles. The van der Waals surface area contributed by atoms with E-state index in [1.54, 1.807) is 6.29 Å². The summed E-state index contributed by atoms with van der Waals surface area (Å²) in [5, 5.41) is 27.0. The van der Waals surface area contributed by atoms with Crippen LogP contribution in [0.1, 0.15) is 59.3 Å². The van der Waals surface area contributed by atoms with Crippen molar-refractivity contribution in [3.8, 4) is 0 Å². The van der Waals surface area contributed by atoms with E-state index in [4.69, 9.17) is 11.5 Å². The summed E-state index contributed by atoms with van der Waals surface area (Å²) in [6, 6.07) is -5.35. The Labute approximate surface area is 218 Å². The summed E-state index contributed by atoms with van der Waals surface area (Å²) in [6.07, 6.45) is 3.25. The van der Waals surface area contributed by atoms with Gasteiger partial charge in [-0.25, -0.2) is 0 Å². The molecule has 0 bridgehead atoms. The minimum atomic E-state index is -1.36. The molecule has 0 aromatic rings. The Hall–Kier alpha value is -2.61. The van der Waals surface area contributed by atoms with Gasteiger partial charge < -0.3 is 42.5 Å². The van der Waals surface area contributed by atoms with Crippen LogP contribution in [0, 0.1) is 5.92 Å². The number of aliphatic hydroxyl groups excluding tert-OH is 2. The van der Waals surface area contributed by atoms with Crippen molar-refractivity contribution in [3.63, 3.8) is 0 Å². The summed E-state index contributed by atoms with van der Waals surface area (Å²) in [4.78, 5) is 63.9. The first-order chi connectivity index (χ1) is 17.5. The number of rotatable bonds is 16. The summed E-state index contributed by atoms with van der Waals surface area (Å²) < 4.78 is 0. The summed E-state index contributed by atoms with van der Waals surface area (Å²) in [6.45, 7) is 5.04. The summed E-state index contributed by atoms with van der Waals surface area (Å²) in [5.41, 5.74) is 11.2. The molecule has 1 saturated heterocycles. The van der Waals surface area contributed by atoms with Gasteiger partial charge in [0.05, 0.1) is 18.8 Å². The molecule has 37 heavy (non-hydrogen) atoms. The van der Waals surface area contributed by atoms with Crippen molar-refractivity contribution in [1.29, 1.82) is 0 Å². The Morgan fingerprint density at radius 2 is 1.70 bits per heavy atom. The smallest absolute Gasteiger partial charge is 0.248 e. The Balaban J connectivity index is 2.93. The number of carbonyl (C=O) groups excluding carboxylic acids is 5. The Morgan fingerprint density at radius 1 is 1.05 bits per heavy atom. The van der Waals surface area contributed by atoms with Gasteiger partial charge in [-0.1, -0.05) is 13.8 Å². The average Bonchev–Trinajstić information content (AvgIpc) is 3.35. The molecule has 1 aliphatic heterocycles. The lowest BCUT2D eigenvalue weighted by atomic mass is 10.0. The molecule has 0 spiro atoms. The highest BCUT2D eigenvalue weighted by atomic mass is 16.3. The standard InChI is InChI=1S/C24H43N6O7/c1-14(2)11-16(12-31)27-22(35)19-8-6-10-30(19)24(37)18(13-32)29-21(34)17(7-4-5-9-25)28-23(36)20(26)15(3)33/h14-20,32-33H,4-11,13,25-26H2,1-3H3,(H,27,35)(H,28,36)(H,29,34)/t15-,16+,17+,18+,19+,20+/m1/s1. The second-order valence-electron chi connectivity index (χ2n) is 9.85. The molecule has 0 aromatic carbocycles. The van der Waals surface area contributed by atoms with Crippen LogP contribution in [0.2, 0.25) is 0 Å². The third kappa shape index (κ3) is 10.3.